The molecule has 0 saturated carbocycles. The lowest BCUT2D eigenvalue weighted by molar-refractivity contribution is 0.0833. The van der Waals surface area contributed by atoms with Crippen molar-refractivity contribution in [1.82, 2.24) is 19.5 Å². The second-order valence-corrected chi connectivity index (χ2v) is 7.10. The summed E-state index contributed by atoms with van der Waals surface area (Å²) in [6.45, 7) is 4.81. The molecule has 0 fully saturated rings. The van der Waals surface area contributed by atoms with Crippen LogP contribution in [0.5, 0.6) is 11.5 Å². The molecule has 3 aromatic rings. The third kappa shape index (κ3) is 3.51. The van der Waals surface area contributed by atoms with Crippen molar-refractivity contribution in [2.24, 2.45) is 0 Å². The first-order valence-electron chi connectivity index (χ1n) is 8.65. The highest BCUT2D eigenvalue weighted by atomic mass is 16.5. The monoisotopic (exact) mass is 367 g/mol. The van der Waals surface area contributed by atoms with Gasteiger partial charge in [0.05, 0.1) is 32.1 Å². The van der Waals surface area contributed by atoms with Crippen molar-refractivity contribution in [2.75, 3.05) is 19.0 Å². The number of carbonyl (C=O) groups excluding carboxylic acids is 1. The van der Waals surface area contributed by atoms with Crippen molar-refractivity contribution in [3.05, 3.63) is 48.4 Å². The van der Waals surface area contributed by atoms with Crippen LogP contribution in [0.3, 0.4) is 0 Å². The summed E-state index contributed by atoms with van der Waals surface area (Å²) in [5.74, 6) is 1.46. The third-order valence-corrected chi connectivity index (χ3v) is 4.41. The van der Waals surface area contributed by atoms with Gasteiger partial charge in [-0.05, 0) is 38.1 Å². The lowest BCUT2D eigenvalue weighted by Crippen LogP contribution is -2.44. The highest BCUT2D eigenvalue weighted by Gasteiger charge is 2.31. The van der Waals surface area contributed by atoms with Crippen LogP contribution in [-0.2, 0) is 6.54 Å². The third-order valence-electron chi connectivity index (χ3n) is 4.41. The number of methoxy groups -OCH3 is 1. The largest absolute Gasteiger partial charge is 0.497 e. The van der Waals surface area contributed by atoms with Crippen LogP contribution in [0, 0.1) is 0 Å². The van der Waals surface area contributed by atoms with Crippen LogP contribution in [0.1, 0.15) is 19.4 Å². The number of nitrogens with zero attached hydrogens (tertiary/aromatic N) is 4. The van der Waals surface area contributed by atoms with E-state index in [1.807, 2.05) is 32.0 Å². The average molecular weight is 367 g/mol. The molecule has 27 heavy (non-hydrogen) atoms. The number of hydrogen-bond donors (Lipinski definition) is 1. The number of aromatic nitrogens is 3. The van der Waals surface area contributed by atoms with Gasteiger partial charge in [0, 0.05) is 11.6 Å². The van der Waals surface area contributed by atoms with Gasteiger partial charge in [0.1, 0.15) is 23.4 Å². The molecule has 8 nitrogen and oxygen atoms in total. The molecule has 3 heterocycles. The lowest BCUT2D eigenvalue weighted by atomic mass is 10.1. The Morgan fingerprint density at radius 3 is 2.96 bits per heavy atom. The molecule has 2 aromatic heterocycles. The van der Waals surface area contributed by atoms with Gasteiger partial charge >= 0.3 is 6.03 Å². The first-order chi connectivity index (χ1) is 12.9. The van der Waals surface area contributed by atoms with E-state index in [9.17, 15) is 4.79 Å². The molecule has 1 N–H and O–H groups in total. The zero-order chi connectivity index (χ0) is 19.0. The molecule has 0 bridgehead atoms. The van der Waals surface area contributed by atoms with Crippen molar-refractivity contribution in [3.8, 4) is 11.5 Å². The van der Waals surface area contributed by atoms with Crippen LogP contribution in [0.15, 0.2) is 42.9 Å². The van der Waals surface area contributed by atoms with E-state index in [0.717, 1.165) is 22.7 Å². The normalized spacial score (nSPS) is 15.6. The van der Waals surface area contributed by atoms with Gasteiger partial charge in [0.25, 0.3) is 0 Å². The van der Waals surface area contributed by atoms with Gasteiger partial charge in [0.2, 0.25) is 0 Å². The van der Waals surface area contributed by atoms with E-state index < -0.39 is 5.60 Å². The van der Waals surface area contributed by atoms with E-state index in [2.05, 4.69) is 15.4 Å². The smallest absolute Gasteiger partial charge is 0.322 e. The molecule has 0 atom stereocenters. The fraction of sp³-hybridized carbons (Fsp3) is 0.316. The predicted molar refractivity (Wildman–Crippen MR) is 100 cm³/mol. The standard InChI is InChI=1S/C19H21N5O3/c1-19(2)11-23(9-13-4-6-15(26-3)8-16(13)27-19)18(25)22-14-5-7-17-20-12-21-24(17)10-14/h4-8,10,12H,9,11H2,1-3H3,(H,22,25). The number of benzene rings is 1. The van der Waals surface area contributed by atoms with Crippen LogP contribution in [-0.4, -0.2) is 44.8 Å². The van der Waals surface area contributed by atoms with Gasteiger partial charge in [-0.3, -0.25) is 0 Å². The van der Waals surface area contributed by atoms with E-state index in [-0.39, 0.29) is 6.03 Å². The van der Waals surface area contributed by atoms with Crippen LogP contribution >= 0.6 is 0 Å². The van der Waals surface area contributed by atoms with Gasteiger partial charge in [-0.15, -0.1) is 0 Å². The minimum absolute atomic E-state index is 0.199. The molecule has 0 radical (unpaired) electrons. The Balaban J connectivity index is 1.58. The van der Waals surface area contributed by atoms with Crippen LogP contribution in [0.2, 0.25) is 0 Å². The second kappa shape index (κ2) is 6.46. The number of hydrogen-bond acceptors (Lipinski definition) is 5. The number of carbonyl (C=O) groups is 1. The molecule has 8 heteroatoms. The Morgan fingerprint density at radius 1 is 1.30 bits per heavy atom. The van der Waals surface area contributed by atoms with E-state index in [1.54, 1.807) is 34.9 Å². The summed E-state index contributed by atoms with van der Waals surface area (Å²) in [6.07, 6.45) is 3.21. The van der Waals surface area contributed by atoms with Crippen LogP contribution in [0.25, 0.3) is 5.65 Å². The van der Waals surface area contributed by atoms with Gasteiger partial charge in [-0.2, -0.15) is 5.10 Å². The molecule has 0 saturated heterocycles. The Bertz CT molecular complexity index is 998. The van der Waals surface area contributed by atoms with E-state index in [1.165, 1.54) is 6.33 Å². The number of pyridine rings is 1. The summed E-state index contributed by atoms with van der Waals surface area (Å²) in [5, 5.41) is 7.02. The molecule has 2 amide bonds. The summed E-state index contributed by atoms with van der Waals surface area (Å²) >= 11 is 0. The zero-order valence-electron chi connectivity index (χ0n) is 15.5. The van der Waals surface area contributed by atoms with Crippen molar-refractivity contribution in [2.45, 2.75) is 26.0 Å². The fourth-order valence-corrected chi connectivity index (χ4v) is 3.18. The first-order valence-corrected chi connectivity index (χ1v) is 8.65. The molecular weight excluding hydrogens is 346 g/mol. The van der Waals surface area contributed by atoms with Crippen molar-refractivity contribution >= 4 is 17.4 Å². The highest BCUT2D eigenvalue weighted by Crippen LogP contribution is 2.32. The number of fused-ring (bicyclic) bond motifs is 2. The van der Waals surface area contributed by atoms with Gasteiger partial charge in [-0.1, -0.05) is 0 Å². The summed E-state index contributed by atoms with van der Waals surface area (Å²) in [4.78, 5) is 18.7. The topological polar surface area (TPSA) is 81.0 Å². The molecular formula is C19H21N5O3. The number of rotatable bonds is 2. The lowest BCUT2D eigenvalue weighted by Gasteiger charge is -2.29. The molecule has 1 aliphatic heterocycles. The number of amides is 2. The zero-order valence-corrected chi connectivity index (χ0v) is 15.5. The quantitative estimate of drug-likeness (QED) is 0.753. The van der Waals surface area contributed by atoms with E-state index >= 15 is 0 Å². The first kappa shape index (κ1) is 17.1. The Kier molecular flexibility index (Phi) is 4.10. The van der Waals surface area contributed by atoms with Crippen LogP contribution < -0.4 is 14.8 Å². The summed E-state index contributed by atoms with van der Waals surface area (Å²) in [5.41, 5.74) is 1.77. The maximum absolute atomic E-state index is 12.9. The number of ether oxygens (including phenoxy) is 2. The van der Waals surface area contributed by atoms with E-state index in [0.29, 0.717) is 18.8 Å². The molecule has 0 aliphatic carbocycles. The molecule has 0 spiro atoms. The Labute approximate surface area is 156 Å². The fourth-order valence-electron chi connectivity index (χ4n) is 3.18. The average Bonchev–Trinajstić information content (AvgIpc) is 3.04. The summed E-state index contributed by atoms with van der Waals surface area (Å²) in [7, 11) is 1.62. The van der Waals surface area contributed by atoms with Gasteiger partial charge in [0.15, 0.2) is 5.65 Å². The van der Waals surface area contributed by atoms with Crippen molar-refractivity contribution in [3.63, 3.8) is 0 Å². The molecule has 0 unspecified atom stereocenters. The van der Waals surface area contributed by atoms with Gasteiger partial charge < -0.3 is 19.7 Å². The molecule has 1 aromatic carbocycles. The maximum atomic E-state index is 12.9. The van der Waals surface area contributed by atoms with Crippen molar-refractivity contribution < 1.29 is 14.3 Å². The number of urea groups is 1. The SMILES string of the molecule is COc1ccc2c(c1)OC(C)(C)CN(C(=O)Nc1ccc3ncnn3c1)C2. The number of anilines is 1. The number of nitrogens with one attached hydrogen (secondary N) is 1. The second-order valence-electron chi connectivity index (χ2n) is 7.10. The molecule has 140 valence electrons. The minimum Gasteiger partial charge on any atom is -0.497 e. The Hall–Kier alpha value is -3.29. The van der Waals surface area contributed by atoms with Crippen LogP contribution in [0.4, 0.5) is 10.5 Å². The summed E-state index contributed by atoms with van der Waals surface area (Å²) in [6, 6.07) is 9.07. The Morgan fingerprint density at radius 2 is 2.15 bits per heavy atom. The molecule has 1 aliphatic rings. The maximum Gasteiger partial charge on any atom is 0.322 e. The minimum atomic E-state index is -0.537. The highest BCUT2D eigenvalue weighted by molar-refractivity contribution is 5.89. The summed E-state index contributed by atoms with van der Waals surface area (Å²) < 4.78 is 13.0. The molecule has 4 rings (SSSR count). The predicted octanol–water partition coefficient (Wildman–Crippen LogP) is 2.94. The van der Waals surface area contributed by atoms with Gasteiger partial charge in [-0.25, -0.2) is 14.3 Å². The van der Waals surface area contributed by atoms with Crippen molar-refractivity contribution in [1.29, 1.82) is 0 Å². The van der Waals surface area contributed by atoms with E-state index in [4.69, 9.17) is 9.47 Å².